The number of hydrogen-bond donors (Lipinski definition) is 1. The number of nitrogens with zero attached hydrogens (tertiary/aromatic N) is 1. The van der Waals surface area contributed by atoms with Crippen molar-refractivity contribution < 1.29 is 14.2 Å². The van der Waals surface area contributed by atoms with Gasteiger partial charge in [0.15, 0.2) is 0 Å². The summed E-state index contributed by atoms with van der Waals surface area (Å²) in [5, 5.41) is 10.3. The van der Waals surface area contributed by atoms with Crippen LogP contribution in [0.1, 0.15) is 30.6 Å². The maximum atomic E-state index is 13.6. The number of aromatic nitrogens is 1. The van der Waals surface area contributed by atoms with Gasteiger partial charge in [-0.3, -0.25) is 4.98 Å². The summed E-state index contributed by atoms with van der Waals surface area (Å²) in [5.74, 6) is 0.0494. The van der Waals surface area contributed by atoms with Crippen molar-refractivity contribution in [2.24, 2.45) is 0 Å². The van der Waals surface area contributed by atoms with Crippen molar-refractivity contribution in [2.75, 3.05) is 6.61 Å². The van der Waals surface area contributed by atoms with E-state index in [0.717, 1.165) is 12.6 Å². The summed E-state index contributed by atoms with van der Waals surface area (Å²) in [5.41, 5.74) is 0.753. The molecule has 1 N–H and O–H groups in total. The predicted molar refractivity (Wildman–Crippen MR) is 70.5 cm³/mol. The number of benzene rings is 1. The van der Waals surface area contributed by atoms with E-state index in [9.17, 15) is 9.50 Å². The first-order valence-corrected chi connectivity index (χ1v) is 6.23. The summed E-state index contributed by atoms with van der Waals surface area (Å²) in [4.78, 5) is 3.68. The summed E-state index contributed by atoms with van der Waals surface area (Å²) in [6, 6.07) is 8.58. The molecule has 1 aromatic carbocycles. The number of aliphatic hydroxyl groups is 1. The molecule has 0 fully saturated rings. The van der Waals surface area contributed by atoms with Crippen LogP contribution in [-0.4, -0.2) is 16.7 Å². The fourth-order valence-corrected chi connectivity index (χ4v) is 1.83. The summed E-state index contributed by atoms with van der Waals surface area (Å²) in [6.07, 6.45) is 2.36. The molecule has 0 amide bonds. The van der Waals surface area contributed by atoms with Crippen molar-refractivity contribution in [3.05, 3.63) is 59.7 Å². The fourth-order valence-electron chi connectivity index (χ4n) is 1.83. The van der Waals surface area contributed by atoms with Gasteiger partial charge in [0.1, 0.15) is 17.7 Å². The Morgan fingerprint density at radius 3 is 2.79 bits per heavy atom. The standard InChI is InChI=1S/C15H16FNO2/c1-2-9-19-14-6-4-3-5-12(14)15(18)11-7-8-17-10-13(11)16/h3-8,10,15,18H,2,9H2,1H3. The van der Waals surface area contributed by atoms with Crippen molar-refractivity contribution in [1.82, 2.24) is 4.98 Å². The van der Waals surface area contributed by atoms with Gasteiger partial charge in [-0.1, -0.05) is 25.1 Å². The number of para-hydroxylation sites is 1. The topological polar surface area (TPSA) is 42.4 Å². The quantitative estimate of drug-likeness (QED) is 0.899. The highest BCUT2D eigenvalue weighted by Gasteiger charge is 2.18. The van der Waals surface area contributed by atoms with E-state index >= 15 is 0 Å². The Bertz CT molecular complexity index is 545. The zero-order chi connectivity index (χ0) is 13.7. The average molecular weight is 261 g/mol. The highest BCUT2D eigenvalue weighted by atomic mass is 19.1. The van der Waals surface area contributed by atoms with Crippen LogP contribution < -0.4 is 4.74 Å². The second-order valence-corrected chi connectivity index (χ2v) is 4.19. The Hall–Kier alpha value is -1.94. The van der Waals surface area contributed by atoms with Crippen molar-refractivity contribution >= 4 is 0 Å². The zero-order valence-corrected chi connectivity index (χ0v) is 10.7. The van der Waals surface area contributed by atoms with Gasteiger partial charge in [0.25, 0.3) is 0 Å². The third-order valence-electron chi connectivity index (χ3n) is 2.77. The van der Waals surface area contributed by atoms with Crippen molar-refractivity contribution in [1.29, 1.82) is 0 Å². The first kappa shape index (κ1) is 13.5. The summed E-state index contributed by atoms with van der Waals surface area (Å²) in [6.45, 7) is 2.56. The molecule has 2 rings (SSSR count). The van der Waals surface area contributed by atoms with Gasteiger partial charge in [0.2, 0.25) is 0 Å². The fraction of sp³-hybridized carbons (Fsp3) is 0.267. The van der Waals surface area contributed by atoms with Gasteiger partial charge in [-0.2, -0.15) is 0 Å². The van der Waals surface area contributed by atoms with Gasteiger partial charge in [-0.15, -0.1) is 0 Å². The number of ether oxygens (including phenoxy) is 1. The maximum absolute atomic E-state index is 13.6. The van der Waals surface area contributed by atoms with Crippen molar-refractivity contribution in [2.45, 2.75) is 19.4 Å². The minimum absolute atomic E-state index is 0.197. The van der Waals surface area contributed by atoms with Crippen LogP contribution in [0.5, 0.6) is 5.75 Å². The molecule has 0 bridgehead atoms. The molecule has 0 aliphatic rings. The Balaban J connectivity index is 2.33. The molecule has 0 aliphatic carbocycles. The van der Waals surface area contributed by atoms with Crippen LogP contribution in [0, 0.1) is 5.82 Å². The molecule has 4 heteroatoms. The van der Waals surface area contributed by atoms with Gasteiger partial charge in [0, 0.05) is 17.3 Å². The molecule has 0 saturated heterocycles. The molecule has 0 saturated carbocycles. The summed E-state index contributed by atoms with van der Waals surface area (Å²) >= 11 is 0. The van der Waals surface area contributed by atoms with E-state index in [1.165, 1.54) is 12.3 Å². The van der Waals surface area contributed by atoms with Gasteiger partial charge < -0.3 is 9.84 Å². The molecule has 0 aliphatic heterocycles. The van der Waals surface area contributed by atoms with E-state index in [1.807, 2.05) is 13.0 Å². The SMILES string of the molecule is CCCOc1ccccc1C(O)c1ccncc1F. The van der Waals surface area contributed by atoms with Crippen LogP contribution in [0.3, 0.4) is 0 Å². The van der Waals surface area contributed by atoms with Crippen molar-refractivity contribution in [3.8, 4) is 5.75 Å². The molecule has 19 heavy (non-hydrogen) atoms. The van der Waals surface area contributed by atoms with Crippen LogP contribution >= 0.6 is 0 Å². The Kier molecular flexibility index (Phi) is 4.47. The molecule has 1 unspecified atom stereocenters. The van der Waals surface area contributed by atoms with Gasteiger partial charge in [-0.05, 0) is 18.6 Å². The smallest absolute Gasteiger partial charge is 0.147 e. The predicted octanol–water partition coefficient (Wildman–Crippen LogP) is 3.09. The molecular weight excluding hydrogens is 245 g/mol. The largest absolute Gasteiger partial charge is 0.493 e. The van der Waals surface area contributed by atoms with E-state index in [2.05, 4.69) is 4.98 Å². The lowest BCUT2D eigenvalue weighted by Crippen LogP contribution is -2.06. The molecule has 2 aromatic rings. The Morgan fingerprint density at radius 2 is 2.05 bits per heavy atom. The van der Waals surface area contributed by atoms with Crippen molar-refractivity contribution in [3.63, 3.8) is 0 Å². The Labute approximate surface area is 111 Å². The Morgan fingerprint density at radius 1 is 1.26 bits per heavy atom. The molecule has 100 valence electrons. The minimum atomic E-state index is -1.06. The van der Waals surface area contributed by atoms with E-state index in [4.69, 9.17) is 4.74 Å². The van der Waals surface area contributed by atoms with Crippen LogP contribution in [-0.2, 0) is 0 Å². The third-order valence-corrected chi connectivity index (χ3v) is 2.77. The first-order chi connectivity index (χ1) is 9.24. The second kappa shape index (κ2) is 6.29. The number of aliphatic hydroxyl groups excluding tert-OH is 1. The average Bonchev–Trinajstić information content (AvgIpc) is 2.45. The number of hydrogen-bond acceptors (Lipinski definition) is 3. The lowest BCUT2D eigenvalue weighted by Gasteiger charge is -2.16. The van der Waals surface area contributed by atoms with E-state index in [0.29, 0.717) is 17.9 Å². The highest BCUT2D eigenvalue weighted by molar-refractivity contribution is 5.40. The van der Waals surface area contributed by atoms with E-state index in [1.54, 1.807) is 18.2 Å². The number of halogens is 1. The molecule has 3 nitrogen and oxygen atoms in total. The highest BCUT2D eigenvalue weighted by Crippen LogP contribution is 2.30. The monoisotopic (exact) mass is 261 g/mol. The molecule has 1 atom stereocenters. The maximum Gasteiger partial charge on any atom is 0.147 e. The molecular formula is C15H16FNO2. The lowest BCUT2D eigenvalue weighted by atomic mass is 10.0. The second-order valence-electron chi connectivity index (χ2n) is 4.19. The third kappa shape index (κ3) is 3.09. The van der Waals surface area contributed by atoms with Gasteiger partial charge in [-0.25, -0.2) is 4.39 Å². The number of rotatable bonds is 5. The summed E-state index contributed by atoms with van der Waals surface area (Å²) in [7, 11) is 0. The van der Waals surface area contributed by atoms with Crippen LogP contribution in [0.25, 0.3) is 0 Å². The molecule has 1 aromatic heterocycles. The van der Waals surface area contributed by atoms with E-state index in [-0.39, 0.29) is 5.56 Å². The zero-order valence-electron chi connectivity index (χ0n) is 10.7. The normalized spacial score (nSPS) is 12.2. The van der Waals surface area contributed by atoms with Gasteiger partial charge >= 0.3 is 0 Å². The lowest BCUT2D eigenvalue weighted by molar-refractivity contribution is 0.205. The summed E-state index contributed by atoms with van der Waals surface area (Å²) < 4.78 is 19.2. The molecule has 0 spiro atoms. The van der Waals surface area contributed by atoms with E-state index < -0.39 is 11.9 Å². The van der Waals surface area contributed by atoms with Crippen LogP contribution in [0.4, 0.5) is 4.39 Å². The van der Waals surface area contributed by atoms with Gasteiger partial charge in [0.05, 0.1) is 12.8 Å². The number of pyridine rings is 1. The first-order valence-electron chi connectivity index (χ1n) is 6.23. The van der Waals surface area contributed by atoms with Crippen LogP contribution in [0.2, 0.25) is 0 Å². The van der Waals surface area contributed by atoms with Crippen LogP contribution in [0.15, 0.2) is 42.7 Å². The minimum Gasteiger partial charge on any atom is -0.493 e. The molecule has 0 radical (unpaired) electrons. The molecule has 1 heterocycles.